The minimum absolute atomic E-state index is 0.0688. The third kappa shape index (κ3) is 4.78. The van der Waals surface area contributed by atoms with Gasteiger partial charge in [0.25, 0.3) is 0 Å². The highest BCUT2D eigenvalue weighted by molar-refractivity contribution is 5.43. The molecule has 0 spiro atoms. The largest absolute Gasteiger partial charge is 0.504 e. The molecule has 1 rings (SSSR count). The Morgan fingerprint density at radius 3 is 2.89 bits per heavy atom. The van der Waals surface area contributed by atoms with Gasteiger partial charge in [0.1, 0.15) is 6.04 Å². The highest BCUT2D eigenvalue weighted by atomic mass is 16.5. The number of benzene rings is 1. The van der Waals surface area contributed by atoms with Gasteiger partial charge in [-0.15, -0.1) is 0 Å². The summed E-state index contributed by atoms with van der Waals surface area (Å²) in [5.41, 5.74) is 0.772. The highest BCUT2D eigenvalue weighted by Gasteiger charge is 2.12. The first-order valence-corrected chi connectivity index (χ1v) is 6.30. The van der Waals surface area contributed by atoms with Crippen molar-refractivity contribution in [2.45, 2.75) is 19.4 Å². The summed E-state index contributed by atoms with van der Waals surface area (Å²) in [5, 5.41) is 21.8. The molecule has 0 aliphatic carbocycles. The van der Waals surface area contributed by atoms with Crippen LogP contribution in [0.1, 0.15) is 24.9 Å². The van der Waals surface area contributed by atoms with Crippen LogP contribution in [-0.4, -0.2) is 32.0 Å². The molecule has 0 heterocycles. The number of hydrogen-bond donors (Lipinski definition) is 2. The van der Waals surface area contributed by atoms with Crippen molar-refractivity contribution in [3.8, 4) is 17.6 Å². The molecule has 19 heavy (non-hydrogen) atoms. The molecule has 1 unspecified atom stereocenters. The minimum Gasteiger partial charge on any atom is -0.504 e. The summed E-state index contributed by atoms with van der Waals surface area (Å²) in [6.07, 6.45) is 0.848. The van der Waals surface area contributed by atoms with Crippen molar-refractivity contribution in [1.82, 2.24) is 5.32 Å². The summed E-state index contributed by atoms with van der Waals surface area (Å²) in [4.78, 5) is 0. The van der Waals surface area contributed by atoms with Gasteiger partial charge >= 0.3 is 0 Å². The zero-order valence-electron chi connectivity index (χ0n) is 11.3. The van der Waals surface area contributed by atoms with Crippen LogP contribution < -0.4 is 10.1 Å². The summed E-state index contributed by atoms with van der Waals surface area (Å²) in [7, 11) is 1.48. The Morgan fingerprint density at radius 1 is 1.47 bits per heavy atom. The summed E-state index contributed by atoms with van der Waals surface area (Å²) in [6.45, 7) is 4.03. The fraction of sp³-hybridized carbons (Fsp3) is 0.500. The van der Waals surface area contributed by atoms with E-state index >= 15 is 0 Å². The van der Waals surface area contributed by atoms with Gasteiger partial charge in [0, 0.05) is 13.2 Å². The van der Waals surface area contributed by atoms with Crippen LogP contribution in [0.3, 0.4) is 0 Å². The lowest BCUT2D eigenvalue weighted by Crippen LogP contribution is -2.22. The molecule has 0 radical (unpaired) electrons. The van der Waals surface area contributed by atoms with E-state index in [1.54, 1.807) is 12.1 Å². The van der Waals surface area contributed by atoms with Gasteiger partial charge in [0.05, 0.1) is 13.2 Å². The maximum absolute atomic E-state index is 9.52. The van der Waals surface area contributed by atoms with E-state index in [9.17, 15) is 5.11 Å². The maximum Gasteiger partial charge on any atom is 0.160 e. The maximum atomic E-state index is 9.52. The second-order valence-corrected chi connectivity index (χ2v) is 4.00. The average Bonchev–Trinajstić information content (AvgIpc) is 2.44. The molecule has 0 aliphatic heterocycles. The van der Waals surface area contributed by atoms with Gasteiger partial charge in [-0.05, 0) is 37.6 Å². The van der Waals surface area contributed by atoms with Gasteiger partial charge < -0.3 is 14.6 Å². The van der Waals surface area contributed by atoms with Crippen LogP contribution in [0.2, 0.25) is 0 Å². The van der Waals surface area contributed by atoms with E-state index in [1.807, 2.05) is 6.92 Å². The Morgan fingerprint density at radius 2 is 2.26 bits per heavy atom. The number of nitriles is 1. The summed E-state index contributed by atoms with van der Waals surface area (Å²) >= 11 is 0. The summed E-state index contributed by atoms with van der Waals surface area (Å²) in [6, 6.07) is 6.67. The first-order chi connectivity index (χ1) is 9.22. The van der Waals surface area contributed by atoms with Gasteiger partial charge in [-0.2, -0.15) is 5.26 Å². The average molecular weight is 264 g/mol. The molecule has 0 aromatic heterocycles. The van der Waals surface area contributed by atoms with E-state index in [0.717, 1.165) is 12.0 Å². The number of ether oxygens (including phenoxy) is 2. The Bertz CT molecular complexity index is 429. The molecule has 0 saturated heterocycles. The highest BCUT2D eigenvalue weighted by Crippen LogP contribution is 2.28. The molecule has 0 aliphatic rings. The Hall–Kier alpha value is -1.77. The third-order valence-electron chi connectivity index (χ3n) is 2.68. The number of nitrogens with zero attached hydrogens (tertiary/aromatic N) is 1. The van der Waals surface area contributed by atoms with E-state index in [1.165, 1.54) is 13.2 Å². The van der Waals surface area contributed by atoms with Crippen LogP contribution in [0.5, 0.6) is 11.5 Å². The molecule has 0 fully saturated rings. The van der Waals surface area contributed by atoms with Crippen LogP contribution >= 0.6 is 0 Å². The van der Waals surface area contributed by atoms with Gasteiger partial charge in [0.15, 0.2) is 11.5 Å². The molecule has 5 heteroatoms. The van der Waals surface area contributed by atoms with Crippen LogP contribution in [0.15, 0.2) is 18.2 Å². The van der Waals surface area contributed by atoms with E-state index < -0.39 is 6.04 Å². The first-order valence-electron chi connectivity index (χ1n) is 6.30. The number of hydrogen-bond acceptors (Lipinski definition) is 5. The number of nitrogens with one attached hydrogen (secondary N) is 1. The van der Waals surface area contributed by atoms with E-state index in [-0.39, 0.29) is 5.75 Å². The zero-order chi connectivity index (χ0) is 14.1. The van der Waals surface area contributed by atoms with E-state index in [4.69, 9.17) is 14.7 Å². The number of aromatic hydroxyl groups is 1. The Kier molecular flexibility index (Phi) is 6.72. The topological polar surface area (TPSA) is 74.5 Å². The predicted molar refractivity (Wildman–Crippen MR) is 72.1 cm³/mol. The molecule has 5 nitrogen and oxygen atoms in total. The van der Waals surface area contributed by atoms with Crippen molar-refractivity contribution >= 4 is 0 Å². The fourth-order valence-electron chi connectivity index (χ4n) is 1.68. The van der Waals surface area contributed by atoms with Gasteiger partial charge in [-0.3, -0.25) is 5.32 Å². The molecule has 2 N–H and O–H groups in total. The molecule has 1 atom stereocenters. The van der Waals surface area contributed by atoms with Crippen LogP contribution in [0.4, 0.5) is 0 Å². The minimum atomic E-state index is -0.420. The lowest BCUT2D eigenvalue weighted by molar-refractivity contribution is 0.144. The lowest BCUT2D eigenvalue weighted by Gasteiger charge is -2.13. The quantitative estimate of drug-likeness (QED) is 0.702. The van der Waals surface area contributed by atoms with Crippen molar-refractivity contribution < 1.29 is 14.6 Å². The van der Waals surface area contributed by atoms with Crippen LogP contribution in [0, 0.1) is 11.3 Å². The standard InChI is InChI=1S/C14H20N2O3/c1-3-19-8-4-7-16-12(10-15)11-5-6-13(17)14(9-11)18-2/h5-6,9,12,16-17H,3-4,7-8H2,1-2H3. The summed E-state index contributed by atoms with van der Waals surface area (Å²) < 4.78 is 10.3. The molecule has 0 amide bonds. The molecule has 104 valence electrons. The van der Waals surface area contributed by atoms with Gasteiger partial charge in [0.2, 0.25) is 0 Å². The van der Waals surface area contributed by atoms with Crippen molar-refractivity contribution in [3.05, 3.63) is 23.8 Å². The van der Waals surface area contributed by atoms with Crippen molar-refractivity contribution in [3.63, 3.8) is 0 Å². The third-order valence-corrected chi connectivity index (χ3v) is 2.68. The molecule has 0 saturated carbocycles. The SMILES string of the molecule is CCOCCCNC(C#N)c1ccc(O)c(OC)c1. The summed E-state index contributed by atoms with van der Waals surface area (Å²) in [5.74, 6) is 0.438. The van der Waals surface area contributed by atoms with Gasteiger partial charge in [-0.1, -0.05) is 6.07 Å². The first kappa shape index (κ1) is 15.3. The smallest absolute Gasteiger partial charge is 0.160 e. The number of rotatable bonds is 8. The van der Waals surface area contributed by atoms with Crippen molar-refractivity contribution in [2.24, 2.45) is 0 Å². The zero-order valence-corrected chi connectivity index (χ0v) is 11.3. The second kappa shape index (κ2) is 8.35. The van der Waals surface area contributed by atoms with E-state index in [2.05, 4.69) is 11.4 Å². The predicted octanol–water partition coefficient (Wildman–Crippen LogP) is 1.98. The Labute approximate surface area is 113 Å². The van der Waals surface area contributed by atoms with Gasteiger partial charge in [-0.25, -0.2) is 0 Å². The Balaban J connectivity index is 2.57. The number of phenolic OH excluding ortho intramolecular Hbond substituents is 1. The lowest BCUT2D eigenvalue weighted by atomic mass is 10.1. The number of phenols is 1. The molecular formula is C14H20N2O3. The second-order valence-electron chi connectivity index (χ2n) is 4.00. The molecular weight excluding hydrogens is 244 g/mol. The molecule has 1 aromatic carbocycles. The molecule has 1 aromatic rings. The monoisotopic (exact) mass is 264 g/mol. The van der Waals surface area contributed by atoms with E-state index in [0.29, 0.717) is 25.5 Å². The van der Waals surface area contributed by atoms with Crippen LogP contribution in [0.25, 0.3) is 0 Å². The molecule has 0 bridgehead atoms. The van der Waals surface area contributed by atoms with Crippen LogP contribution in [-0.2, 0) is 4.74 Å². The fourth-order valence-corrected chi connectivity index (χ4v) is 1.68. The van der Waals surface area contributed by atoms with Crippen molar-refractivity contribution in [2.75, 3.05) is 26.9 Å². The normalized spacial score (nSPS) is 11.8. The van der Waals surface area contributed by atoms with Crippen molar-refractivity contribution in [1.29, 1.82) is 5.26 Å². The number of methoxy groups -OCH3 is 1.